The average molecular weight is 344 g/mol. The molecule has 2 aromatic rings. The second-order valence-electron chi connectivity index (χ2n) is 6.03. The lowest BCUT2D eigenvalue weighted by molar-refractivity contribution is 0.00303. The van der Waals surface area contributed by atoms with Crippen molar-refractivity contribution in [3.05, 3.63) is 47.9 Å². The zero-order chi connectivity index (χ0) is 16.6. The van der Waals surface area contributed by atoms with Gasteiger partial charge in [-0.05, 0) is 36.8 Å². The molecule has 2 atom stereocenters. The molecule has 1 saturated heterocycles. The zero-order valence-corrected chi connectivity index (χ0v) is 13.8. The number of aliphatic imine (C=N–C) groups is 1. The van der Waals surface area contributed by atoms with Crippen molar-refractivity contribution in [3.63, 3.8) is 0 Å². The number of hydrogen-bond donors (Lipinski definition) is 1. The van der Waals surface area contributed by atoms with Gasteiger partial charge in [-0.2, -0.15) is 10.2 Å². The minimum Gasteiger partial charge on any atom is -0.379 e. The molecule has 2 aliphatic heterocycles. The fourth-order valence-corrected chi connectivity index (χ4v) is 4.44. The SMILES string of the molecule is NC1=N[C@@]2(c3cc(-c4cccnn4)ccc3F)COCC[C@H]2CS1. The van der Waals surface area contributed by atoms with Crippen LogP contribution < -0.4 is 5.73 Å². The number of nitrogens with zero attached hydrogens (tertiary/aromatic N) is 3. The first-order valence-corrected chi connectivity index (χ1v) is 8.81. The summed E-state index contributed by atoms with van der Waals surface area (Å²) in [5.41, 5.74) is 7.26. The minimum atomic E-state index is -0.754. The van der Waals surface area contributed by atoms with E-state index in [9.17, 15) is 4.39 Å². The van der Waals surface area contributed by atoms with Gasteiger partial charge >= 0.3 is 0 Å². The maximum Gasteiger partial charge on any atom is 0.154 e. The first-order chi connectivity index (χ1) is 11.7. The van der Waals surface area contributed by atoms with Gasteiger partial charge in [0.05, 0.1) is 12.3 Å². The highest BCUT2D eigenvalue weighted by Gasteiger charge is 2.47. The summed E-state index contributed by atoms with van der Waals surface area (Å²) in [6.07, 6.45) is 2.46. The number of amidine groups is 1. The summed E-state index contributed by atoms with van der Waals surface area (Å²) in [7, 11) is 0. The van der Waals surface area contributed by atoms with Crippen LogP contribution in [0.5, 0.6) is 0 Å². The molecule has 24 heavy (non-hydrogen) atoms. The molecule has 124 valence electrons. The van der Waals surface area contributed by atoms with E-state index in [1.807, 2.05) is 18.2 Å². The molecule has 0 saturated carbocycles. The summed E-state index contributed by atoms with van der Waals surface area (Å²) in [5.74, 6) is 0.741. The van der Waals surface area contributed by atoms with Gasteiger partial charge in [0.2, 0.25) is 0 Å². The molecule has 4 rings (SSSR count). The predicted octanol–water partition coefficient (Wildman–Crippen LogP) is 2.58. The van der Waals surface area contributed by atoms with Crippen LogP contribution in [0.1, 0.15) is 12.0 Å². The molecule has 0 spiro atoms. The van der Waals surface area contributed by atoms with Crippen LogP contribution in [0.25, 0.3) is 11.3 Å². The van der Waals surface area contributed by atoms with Crippen LogP contribution in [-0.4, -0.2) is 34.3 Å². The molecule has 1 fully saturated rings. The molecule has 0 radical (unpaired) electrons. The summed E-state index contributed by atoms with van der Waals surface area (Å²) in [6.45, 7) is 1.02. The Kier molecular flexibility index (Phi) is 3.97. The van der Waals surface area contributed by atoms with Crippen LogP contribution in [0.3, 0.4) is 0 Å². The van der Waals surface area contributed by atoms with Gasteiger partial charge in [0, 0.05) is 35.6 Å². The monoisotopic (exact) mass is 344 g/mol. The lowest BCUT2D eigenvalue weighted by Crippen LogP contribution is -2.48. The van der Waals surface area contributed by atoms with E-state index in [4.69, 9.17) is 10.5 Å². The van der Waals surface area contributed by atoms with E-state index >= 15 is 0 Å². The van der Waals surface area contributed by atoms with Crippen LogP contribution >= 0.6 is 11.8 Å². The van der Waals surface area contributed by atoms with E-state index in [0.29, 0.717) is 29.6 Å². The van der Waals surface area contributed by atoms with E-state index < -0.39 is 5.54 Å². The van der Waals surface area contributed by atoms with Crippen molar-refractivity contribution in [1.29, 1.82) is 0 Å². The second-order valence-corrected chi connectivity index (χ2v) is 7.07. The first kappa shape index (κ1) is 15.5. The van der Waals surface area contributed by atoms with Crippen LogP contribution in [0, 0.1) is 11.7 Å². The Morgan fingerprint density at radius 3 is 3.08 bits per heavy atom. The smallest absolute Gasteiger partial charge is 0.154 e. The predicted molar refractivity (Wildman–Crippen MR) is 92.1 cm³/mol. The van der Waals surface area contributed by atoms with Crippen molar-refractivity contribution >= 4 is 16.9 Å². The van der Waals surface area contributed by atoms with Crippen molar-refractivity contribution < 1.29 is 9.13 Å². The number of halogens is 1. The van der Waals surface area contributed by atoms with Gasteiger partial charge in [-0.3, -0.25) is 0 Å². The summed E-state index contributed by atoms with van der Waals surface area (Å²) in [6, 6.07) is 8.65. The Hall–Kier alpha value is -1.99. The number of aromatic nitrogens is 2. The number of benzene rings is 1. The van der Waals surface area contributed by atoms with Gasteiger partial charge < -0.3 is 10.5 Å². The van der Waals surface area contributed by atoms with E-state index in [0.717, 1.165) is 17.7 Å². The third kappa shape index (κ3) is 2.57. The summed E-state index contributed by atoms with van der Waals surface area (Å²) >= 11 is 1.53. The largest absolute Gasteiger partial charge is 0.379 e. The van der Waals surface area contributed by atoms with Crippen molar-refractivity contribution in [2.75, 3.05) is 19.0 Å². The van der Waals surface area contributed by atoms with Crippen molar-refractivity contribution in [2.45, 2.75) is 12.0 Å². The van der Waals surface area contributed by atoms with Gasteiger partial charge in [-0.1, -0.05) is 11.8 Å². The van der Waals surface area contributed by atoms with E-state index in [-0.39, 0.29) is 11.7 Å². The molecule has 1 aromatic heterocycles. The van der Waals surface area contributed by atoms with E-state index in [1.165, 1.54) is 17.8 Å². The number of thioether (sulfide) groups is 1. The lowest BCUT2D eigenvalue weighted by atomic mass is 9.76. The minimum absolute atomic E-state index is 0.204. The highest BCUT2D eigenvalue weighted by Crippen LogP contribution is 2.45. The van der Waals surface area contributed by atoms with Crippen LogP contribution in [-0.2, 0) is 10.3 Å². The molecule has 2 N–H and O–H groups in total. The van der Waals surface area contributed by atoms with Crippen LogP contribution in [0.4, 0.5) is 4.39 Å². The fraction of sp³-hybridized carbons (Fsp3) is 0.353. The summed E-state index contributed by atoms with van der Waals surface area (Å²) < 4.78 is 20.4. The highest BCUT2D eigenvalue weighted by atomic mass is 32.2. The number of rotatable bonds is 2. The first-order valence-electron chi connectivity index (χ1n) is 7.83. The van der Waals surface area contributed by atoms with Crippen molar-refractivity contribution in [2.24, 2.45) is 16.6 Å². The third-order valence-electron chi connectivity index (χ3n) is 4.65. The topological polar surface area (TPSA) is 73.4 Å². The molecule has 5 nitrogen and oxygen atoms in total. The summed E-state index contributed by atoms with van der Waals surface area (Å²) in [4.78, 5) is 4.66. The molecule has 0 bridgehead atoms. The van der Waals surface area contributed by atoms with Gasteiger partial charge in [-0.15, -0.1) is 0 Å². The molecule has 0 aliphatic carbocycles. The van der Waals surface area contributed by atoms with E-state index in [2.05, 4.69) is 15.2 Å². The highest BCUT2D eigenvalue weighted by molar-refractivity contribution is 8.13. The van der Waals surface area contributed by atoms with Crippen LogP contribution in [0.2, 0.25) is 0 Å². The number of nitrogens with two attached hydrogens (primary N) is 1. The number of fused-ring (bicyclic) bond motifs is 1. The molecule has 0 amide bonds. The van der Waals surface area contributed by atoms with Crippen LogP contribution in [0.15, 0.2) is 41.5 Å². The van der Waals surface area contributed by atoms with Crippen molar-refractivity contribution in [1.82, 2.24) is 10.2 Å². The third-order valence-corrected chi connectivity index (χ3v) is 5.61. The summed E-state index contributed by atoms with van der Waals surface area (Å²) in [5, 5.41) is 8.50. The fourth-order valence-electron chi connectivity index (χ4n) is 3.40. The van der Waals surface area contributed by atoms with Gasteiger partial charge in [0.25, 0.3) is 0 Å². The molecule has 2 aliphatic rings. The Bertz CT molecular complexity index is 785. The number of hydrogen-bond acceptors (Lipinski definition) is 6. The standard InChI is InChI=1S/C17H17FN4OS/c18-14-4-3-11(15-2-1-6-20-22-15)8-13(14)17-10-23-7-5-12(17)9-24-16(19)21-17/h1-4,6,8,12H,5,7,9-10H2,(H2,19,21)/t12-,17-/m0/s1. The van der Waals surface area contributed by atoms with Crippen molar-refractivity contribution in [3.8, 4) is 11.3 Å². The second kappa shape index (κ2) is 6.14. The molecular formula is C17H17FN4OS. The average Bonchev–Trinajstić information content (AvgIpc) is 2.62. The van der Waals surface area contributed by atoms with E-state index in [1.54, 1.807) is 12.3 Å². The zero-order valence-electron chi connectivity index (χ0n) is 13.0. The quantitative estimate of drug-likeness (QED) is 0.906. The Morgan fingerprint density at radius 2 is 2.25 bits per heavy atom. The van der Waals surface area contributed by atoms with Gasteiger partial charge in [-0.25, -0.2) is 9.38 Å². The molecule has 7 heteroatoms. The molecule has 0 unspecified atom stereocenters. The maximum absolute atomic E-state index is 14.8. The normalized spacial score (nSPS) is 26.5. The Labute approximate surface area is 143 Å². The molecular weight excluding hydrogens is 327 g/mol. The Balaban J connectivity index is 1.86. The molecule has 3 heterocycles. The molecule has 1 aromatic carbocycles. The van der Waals surface area contributed by atoms with Gasteiger partial charge in [0.1, 0.15) is 11.4 Å². The maximum atomic E-state index is 14.8. The number of ether oxygens (including phenoxy) is 1. The van der Waals surface area contributed by atoms with Gasteiger partial charge in [0.15, 0.2) is 5.17 Å². The Morgan fingerprint density at radius 1 is 1.33 bits per heavy atom. The lowest BCUT2D eigenvalue weighted by Gasteiger charge is -2.43.